The molecule has 5 nitrogen and oxygen atoms in total. The van der Waals surface area contributed by atoms with Gasteiger partial charge in [0, 0.05) is 23.8 Å². The molecular formula is C20H24Cl2N4O. The Hall–Kier alpha value is -2.08. The number of hydrogen-bond donors (Lipinski definition) is 2. The maximum Gasteiger partial charge on any atom is 0.251 e. The highest BCUT2D eigenvalue weighted by atomic mass is 35.5. The molecule has 2 atom stereocenters. The summed E-state index contributed by atoms with van der Waals surface area (Å²) in [6, 6.07) is 15.9. The molecule has 2 aromatic carbocycles. The Morgan fingerprint density at radius 2 is 1.89 bits per heavy atom. The van der Waals surface area contributed by atoms with Gasteiger partial charge in [0.2, 0.25) is 0 Å². The summed E-state index contributed by atoms with van der Waals surface area (Å²) in [5.74, 6) is 0.490. The van der Waals surface area contributed by atoms with Crippen LogP contribution in [0.25, 0.3) is 16.7 Å². The number of aromatic nitrogens is 2. The number of imidazole rings is 1. The molecule has 27 heavy (non-hydrogen) atoms. The molecule has 0 saturated carbocycles. The lowest BCUT2D eigenvalue weighted by Crippen LogP contribution is -2.50. The number of amides is 1. The molecule has 0 aliphatic carbocycles. The van der Waals surface area contributed by atoms with E-state index in [2.05, 4.69) is 22.5 Å². The number of benzene rings is 2. The zero-order chi connectivity index (χ0) is 17.2. The number of nitrogens with one attached hydrogen (secondary N) is 2. The van der Waals surface area contributed by atoms with Crippen molar-refractivity contribution in [1.82, 2.24) is 20.2 Å². The summed E-state index contributed by atoms with van der Waals surface area (Å²) in [4.78, 5) is 16.9. The maximum atomic E-state index is 12.5. The van der Waals surface area contributed by atoms with Crippen LogP contribution in [-0.2, 0) is 0 Å². The molecule has 1 aromatic heterocycles. The Labute approximate surface area is 171 Å². The molecule has 1 saturated heterocycles. The Balaban J connectivity index is 0.00000131. The zero-order valence-electron chi connectivity index (χ0n) is 15.1. The summed E-state index contributed by atoms with van der Waals surface area (Å²) < 4.78 is 2.03. The number of carbonyl (C=O) groups is 1. The SMILES string of the molecule is CC1CCNCC1NC(=O)c1ccc(-n2cnc3ccccc32)cc1.Cl.Cl. The van der Waals surface area contributed by atoms with Crippen molar-refractivity contribution >= 4 is 41.8 Å². The topological polar surface area (TPSA) is 58.9 Å². The lowest BCUT2D eigenvalue weighted by molar-refractivity contribution is 0.0915. The quantitative estimate of drug-likeness (QED) is 0.698. The summed E-state index contributed by atoms with van der Waals surface area (Å²) >= 11 is 0. The molecule has 2 unspecified atom stereocenters. The molecule has 1 amide bonds. The molecule has 2 N–H and O–H groups in total. The van der Waals surface area contributed by atoms with Crippen LogP contribution >= 0.6 is 24.8 Å². The minimum atomic E-state index is -0.0115. The zero-order valence-corrected chi connectivity index (χ0v) is 16.7. The van der Waals surface area contributed by atoms with Crippen molar-refractivity contribution in [1.29, 1.82) is 0 Å². The third-order valence-electron chi connectivity index (χ3n) is 5.01. The van der Waals surface area contributed by atoms with Crippen LogP contribution in [0.3, 0.4) is 0 Å². The fourth-order valence-corrected chi connectivity index (χ4v) is 3.37. The van der Waals surface area contributed by atoms with E-state index < -0.39 is 0 Å². The van der Waals surface area contributed by atoms with Gasteiger partial charge in [0.05, 0.1) is 11.0 Å². The molecular weight excluding hydrogens is 383 g/mol. The summed E-state index contributed by atoms with van der Waals surface area (Å²) in [6.45, 7) is 4.06. The van der Waals surface area contributed by atoms with Gasteiger partial charge in [-0.2, -0.15) is 0 Å². The lowest BCUT2D eigenvalue weighted by atomic mass is 9.94. The molecule has 0 spiro atoms. The number of fused-ring (bicyclic) bond motifs is 1. The van der Waals surface area contributed by atoms with Crippen molar-refractivity contribution in [3.05, 3.63) is 60.4 Å². The molecule has 1 aliphatic rings. The average molecular weight is 407 g/mol. The highest BCUT2D eigenvalue weighted by Gasteiger charge is 2.23. The predicted octanol–water partition coefficient (Wildman–Crippen LogP) is 3.60. The summed E-state index contributed by atoms with van der Waals surface area (Å²) in [5, 5.41) is 6.49. The van der Waals surface area contributed by atoms with E-state index in [1.807, 2.05) is 59.4 Å². The molecule has 4 rings (SSSR count). The fourth-order valence-electron chi connectivity index (χ4n) is 3.37. The highest BCUT2D eigenvalue weighted by molar-refractivity contribution is 5.94. The molecule has 0 bridgehead atoms. The number of piperidine rings is 1. The van der Waals surface area contributed by atoms with Crippen LogP contribution < -0.4 is 10.6 Å². The standard InChI is InChI=1S/C20H22N4O.2ClH/c1-14-10-11-21-12-18(14)23-20(25)15-6-8-16(9-7-15)24-13-22-17-4-2-3-5-19(17)24;;/h2-9,13-14,18,21H,10-12H2,1H3,(H,23,25);2*1H. The minimum absolute atomic E-state index is 0. The third kappa shape index (κ3) is 4.43. The number of halogens is 2. The van der Waals surface area contributed by atoms with Crippen LogP contribution in [0.15, 0.2) is 54.9 Å². The van der Waals surface area contributed by atoms with Gasteiger partial charge in [-0.05, 0) is 55.3 Å². The Kier molecular flexibility index (Phi) is 7.25. The third-order valence-corrected chi connectivity index (χ3v) is 5.01. The van der Waals surface area contributed by atoms with E-state index in [-0.39, 0.29) is 36.8 Å². The van der Waals surface area contributed by atoms with Gasteiger partial charge in [0.1, 0.15) is 6.33 Å². The second-order valence-corrected chi connectivity index (χ2v) is 6.70. The van der Waals surface area contributed by atoms with E-state index in [0.29, 0.717) is 11.5 Å². The van der Waals surface area contributed by atoms with Gasteiger partial charge in [0.15, 0.2) is 0 Å². The Morgan fingerprint density at radius 1 is 1.15 bits per heavy atom. The first-order valence-corrected chi connectivity index (χ1v) is 8.76. The van der Waals surface area contributed by atoms with E-state index in [1.165, 1.54) is 0 Å². The smallest absolute Gasteiger partial charge is 0.251 e. The van der Waals surface area contributed by atoms with Gasteiger partial charge < -0.3 is 10.6 Å². The van der Waals surface area contributed by atoms with Crippen molar-refractivity contribution in [2.45, 2.75) is 19.4 Å². The molecule has 7 heteroatoms. The Bertz CT molecular complexity index is 894. The highest BCUT2D eigenvalue weighted by Crippen LogP contribution is 2.18. The largest absolute Gasteiger partial charge is 0.348 e. The number of nitrogens with zero attached hydrogens (tertiary/aromatic N) is 2. The lowest BCUT2D eigenvalue weighted by Gasteiger charge is -2.30. The minimum Gasteiger partial charge on any atom is -0.348 e. The van der Waals surface area contributed by atoms with Gasteiger partial charge in [-0.25, -0.2) is 4.98 Å². The van der Waals surface area contributed by atoms with Crippen LogP contribution in [0, 0.1) is 5.92 Å². The van der Waals surface area contributed by atoms with Crippen LogP contribution in [0.5, 0.6) is 0 Å². The van der Waals surface area contributed by atoms with Gasteiger partial charge in [0.25, 0.3) is 5.91 Å². The van der Waals surface area contributed by atoms with Crippen molar-refractivity contribution in [3.8, 4) is 5.69 Å². The van der Waals surface area contributed by atoms with Crippen molar-refractivity contribution < 1.29 is 4.79 Å². The van der Waals surface area contributed by atoms with Crippen LogP contribution in [0.2, 0.25) is 0 Å². The van der Waals surface area contributed by atoms with E-state index in [1.54, 1.807) is 0 Å². The van der Waals surface area contributed by atoms with Gasteiger partial charge in [-0.1, -0.05) is 19.1 Å². The van der Waals surface area contributed by atoms with Gasteiger partial charge in [-0.3, -0.25) is 9.36 Å². The summed E-state index contributed by atoms with van der Waals surface area (Å²) in [5.41, 5.74) is 3.70. The van der Waals surface area contributed by atoms with Gasteiger partial charge >= 0.3 is 0 Å². The number of rotatable bonds is 3. The number of para-hydroxylation sites is 2. The molecule has 2 heterocycles. The van der Waals surface area contributed by atoms with E-state index in [0.717, 1.165) is 36.2 Å². The van der Waals surface area contributed by atoms with Gasteiger partial charge in [-0.15, -0.1) is 24.8 Å². The monoisotopic (exact) mass is 406 g/mol. The molecule has 1 aliphatic heterocycles. The molecule has 1 fully saturated rings. The van der Waals surface area contributed by atoms with Crippen LogP contribution in [-0.4, -0.2) is 34.6 Å². The van der Waals surface area contributed by atoms with Crippen molar-refractivity contribution in [2.24, 2.45) is 5.92 Å². The maximum absolute atomic E-state index is 12.5. The first kappa shape index (κ1) is 21.2. The second kappa shape index (κ2) is 9.22. The predicted molar refractivity (Wildman–Crippen MR) is 113 cm³/mol. The molecule has 3 aromatic rings. The summed E-state index contributed by atoms with van der Waals surface area (Å²) in [6.07, 6.45) is 2.91. The van der Waals surface area contributed by atoms with Crippen molar-refractivity contribution in [2.75, 3.05) is 13.1 Å². The second-order valence-electron chi connectivity index (χ2n) is 6.70. The van der Waals surface area contributed by atoms with E-state index >= 15 is 0 Å². The molecule has 0 radical (unpaired) electrons. The van der Waals surface area contributed by atoms with E-state index in [4.69, 9.17) is 0 Å². The average Bonchev–Trinajstić information content (AvgIpc) is 3.08. The van der Waals surface area contributed by atoms with E-state index in [9.17, 15) is 4.79 Å². The summed E-state index contributed by atoms with van der Waals surface area (Å²) in [7, 11) is 0. The fraction of sp³-hybridized carbons (Fsp3) is 0.300. The first-order chi connectivity index (χ1) is 12.2. The van der Waals surface area contributed by atoms with Crippen LogP contribution in [0.1, 0.15) is 23.7 Å². The molecule has 144 valence electrons. The Morgan fingerprint density at radius 3 is 2.63 bits per heavy atom. The number of hydrogen-bond acceptors (Lipinski definition) is 3. The normalized spacial score (nSPS) is 19.0. The first-order valence-electron chi connectivity index (χ1n) is 8.76. The van der Waals surface area contributed by atoms with Crippen LogP contribution in [0.4, 0.5) is 0 Å². The van der Waals surface area contributed by atoms with Crippen molar-refractivity contribution in [3.63, 3.8) is 0 Å². The number of carbonyl (C=O) groups excluding carboxylic acids is 1.